The number of hydrogen-bond acceptors (Lipinski definition) is 7. The average molecular weight is 604 g/mol. The van der Waals surface area contributed by atoms with Gasteiger partial charge < -0.3 is 24.8 Å². The second-order valence-corrected chi connectivity index (χ2v) is 12.1. The van der Waals surface area contributed by atoms with Gasteiger partial charge in [0.05, 0.1) is 12.2 Å². The van der Waals surface area contributed by atoms with Crippen molar-refractivity contribution in [2.45, 2.75) is 45.3 Å². The molecule has 2 aromatic carbocycles. The summed E-state index contributed by atoms with van der Waals surface area (Å²) in [5, 5.41) is 7.21. The van der Waals surface area contributed by atoms with Crippen molar-refractivity contribution in [3.63, 3.8) is 0 Å². The predicted octanol–water partition coefficient (Wildman–Crippen LogP) is 5.66. The molecule has 2 aromatic heterocycles. The molecule has 1 atom stereocenters. The summed E-state index contributed by atoms with van der Waals surface area (Å²) in [6, 6.07) is 12.4. The number of nitrogens with one attached hydrogen (secondary N) is 1. The van der Waals surface area contributed by atoms with Crippen LogP contribution in [0, 0.1) is 11.6 Å². The Kier molecular flexibility index (Phi) is 7.83. The molecule has 4 aromatic rings. The third-order valence-corrected chi connectivity index (χ3v) is 7.88. The van der Waals surface area contributed by atoms with Gasteiger partial charge in [0.15, 0.2) is 5.65 Å². The van der Waals surface area contributed by atoms with Crippen LogP contribution in [0.5, 0.6) is 0 Å². The fraction of sp³-hybridized carbons (Fsp3) is 0.375. The lowest BCUT2D eigenvalue weighted by Gasteiger charge is -2.36. The van der Waals surface area contributed by atoms with Gasteiger partial charge >= 0.3 is 6.09 Å². The van der Waals surface area contributed by atoms with E-state index in [0.29, 0.717) is 67.4 Å². The second kappa shape index (κ2) is 11.7. The molecule has 0 bridgehead atoms. The van der Waals surface area contributed by atoms with E-state index in [1.54, 1.807) is 17.2 Å². The number of aromatic nitrogens is 3. The van der Waals surface area contributed by atoms with Crippen molar-refractivity contribution in [1.29, 1.82) is 0 Å². The summed E-state index contributed by atoms with van der Waals surface area (Å²) in [6.45, 7) is 8.66. The largest absolute Gasteiger partial charge is 0.444 e. The van der Waals surface area contributed by atoms with Crippen molar-refractivity contribution in [1.82, 2.24) is 19.5 Å². The third kappa shape index (κ3) is 6.15. The van der Waals surface area contributed by atoms with Crippen molar-refractivity contribution in [2.24, 2.45) is 0 Å². The minimum Gasteiger partial charge on any atom is -0.444 e. The van der Waals surface area contributed by atoms with E-state index in [1.807, 2.05) is 49.9 Å². The summed E-state index contributed by atoms with van der Waals surface area (Å²) in [7, 11) is 0. The molecule has 230 valence electrons. The molecule has 0 aliphatic carbocycles. The lowest BCUT2D eigenvalue weighted by atomic mass is 10.0. The van der Waals surface area contributed by atoms with Gasteiger partial charge in [-0.15, -0.1) is 0 Å². The highest BCUT2D eigenvalue weighted by atomic mass is 19.1. The molecule has 2 amide bonds. The topological polar surface area (TPSA) is 95.3 Å². The minimum absolute atomic E-state index is 0.293. The Hall–Kier alpha value is -4.74. The highest BCUT2D eigenvalue weighted by Gasteiger charge is 2.30. The maximum atomic E-state index is 14.6. The van der Waals surface area contributed by atoms with Crippen LogP contribution in [0.2, 0.25) is 0 Å². The van der Waals surface area contributed by atoms with Gasteiger partial charge in [0.25, 0.3) is 5.91 Å². The summed E-state index contributed by atoms with van der Waals surface area (Å²) in [5.41, 5.74) is 2.03. The molecule has 0 radical (unpaired) electrons. The zero-order valence-electron chi connectivity index (χ0n) is 25.0. The Balaban J connectivity index is 1.12. The molecule has 1 N–H and O–H groups in total. The zero-order chi connectivity index (χ0) is 31.0. The number of piperazine rings is 1. The van der Waals surface area contributed by atoms with Crippen LogP contribution in [0.1, 0.15) is 55.6 Å². The first kappa shape index (κ1) is 29.3. The van der Waals surface area contributed by atoms with E-state index in [1.165, 1.54) is 16.8 Å². The van der Waals surface area contributed by atoms with Gasteiger partial charge in [-0.2, -0.15) is 5.10 Å². The first-order chi connectivity index (χ1) is 21.1. The SMILES string of the molecule is CC(C)(C)OC(=O)N1CCN(c2ccc(NC(=O)c3cnn4ccc(N5CCCC5c5cc(F)ccc5F)nc34)cc2)CC1. The van der Waals surface area contributed by atoms with Crippen LogP contribution in [0.15, 0.2) is 60.9 Å². The maximum absolute atomic E-state index is 14.6. The van der Waals surface area contributed by atoms with Gasteiger partial charge in [-0.05, 0) is 82.1 Å². The molecule has 2 aliphatic heterocycles. The number of amides is 2. The summed E-state index contributed by atoms with van der Waals surface area (Å²) in [6.07, 6.45) is 4.34. The molecule has 2 aliphatic rings. The molecule has 4 heterocycles. The number of halogens is 2. The molecule has 2 saturated heterocycles. The highest BCUT2D eigenvalue weighted by Crippen LogP contribution is 2.37. The number of anilines is 3. The van der Waals surface area contributed by atoms with Crippen molar-refractivity contribution >= 4 is 34.8 Å². The van der Waals surface area contributed by atoms with Gasteiger partial charge in [0.2, 0.25) is 0 Å². The number of hydrogen-bond donors (Lipinski definition) is 1. The van der Waals surface area contributed by atoms with Crippen LogP contribution >= 0.6 is 0 Å². The van der Waals surface area contributed by atoms with Gasteiger partial charge in [0.1, 0.15) is 28.6 Å². The number of ether oxygens (including phenoxy) is 1. The summed E-state index contributed by atoms with van der Waals surface area (Å²) < 4.78 is 35.6. The van der Waals surface area contributed by atoms with Crippen LogP contribution in [-0.2, 0) is 4.74 Å². The van der Waals surface area contributed by atoms with Crippen LogP contribution in [0.3, 0.4) is 0 Å². The quantitative estimate of drug-likeness (QED) is 0.315. The molecule has 12 heteroatoms. The number of carbonyl (C=O) groups is 2. The molecule has 10 nitrogen and oxygen atoms in total. The highest BCUT2D eigenvalue weighted by molar-refractivity contribution is 6.08. The Morgan fingerprint density at radius 1 is 0.977 bits per heavy atom. The van der Waals surface area contributed by atoms with E-state index in [2.05, 4.69) is 15.3 Å². The number of rotatable bonds is 5. The van der Waals surface area contributed by atoms with E-state index in [9.17, 15) is 18.4 Å². The predicted molar refractivity (Wildman–Crippen MR) is 163 cm³/mol. The fourth-order valence-electron chi connectivity index (χ4n) is 5.74. The smallest absolute Gasteiger partial charge is 0.410 e. The fourth-order valence-corrected chi connectivity index (χ4v) is 5.74. The van der Waals surface area contributed by atoms with Crippen molar-refractivity contribution in [3.8, 4) is 0 Å². The first-order valence-corrected chi connectivity index (χ1v) is 14.8. The molecule has 0 saturated carbocycles. The standard InChI is InChI=1S/C32H35F2N7O3/c1-32(2,3)44-31(43)39-17-15-38(16-18-39)23-9-7-22(8-10-23)36-30(42)25-20-35-41-14-12-28(37-29(25)41)40-13-4-5-27(40)24-19-21(33)6-11-26(24)34/h6-12,14,19-20,27H,4-5,13,15-18H2,1-3H3,(H,36,42). The summed E-state index contributed by atoms with van der Waals surface area (Å²) >= 11 is 0. The molecule has 6 rings (SSSR count). The van der Waals surface area contributed by atoms with Gasteiger partial charge in [-0.1, -0.05) is 0 Å². The first-order valence-electron chi connectivity index (χ1n) is 14.8. The molecular weight excluding hydrogens is 568 g/mol. The maximum Gasteiger partial charge on any atom is 0.410 e. The van der Waals surface area contributed by atoms with Crippen LogP contribution in [-0.4, -0.2) is 69.8 Å². The van der Waals surface area contributed by atoms with Gasteiger partial charge in [0, 0.05) is 55.9 Å². The average Bonchev–Trinajstić information content (AvgIpc) is 3.65. The van der Waals surface area contributed by atoms with Crippen LogP contribution < -0.4 is 15.1 Å². The number of carbonyl (C=O) groups excluding carboxylic acids is 2. The molecule has 2 fully saturated rings. The van der Waals surface area contributed by atoms with E-state index < -0.39 is 17.2 Å². The number of fused-ring (bicyclic) bond motifs is 1. The summed E-state index contributed by atoms with van der Waals surface area (Å²) in [5.74, 6) is -0.741. The zero-order valence-corrected chi connectivity index (χ0v) is 25.0. The van der Waals surface area contributed by atoms with E-state index in [4.69, 9.17) is 9.72 Å². The molecule has 0 spiro atoms. The van der Waals surface area contributed by atoms with Crippen molar-refractivity contribution in [3.05, 3.63) is 83.7 Å². The lowest BCUT2D eigenvalue weighted by molar-refractivity contribution is 0.0240. The Labute approximate surface area is 254 Å². The van der Waals surface area contributed by atoms with E-state index >= 15 is 0 Å². The van der Waals surface area contributed by atoms with Crippen LogP contribution in [0.4, 0.5) is 30.8 Å². The van der Waals surface area contributed by atoms with E-state index in [-0.39, 0.29) is 18.0 Å². The normalized spacial score (nSPS) is 17.3. The van der Waals surface area contributed by atoms with Gasteiger partial charge in [-0.25, -0.2) is 23.1 Å². The minimum atomic E-state index is -0.530. The number of benzene rings is 2. The van der Waals surface area contributed by atoms with Gasteiger partial charge in [-0.3, -0.25) is 4.79 Å². The molecule has 1 unspecified atom stereocenters. The van der Waals surface area contributed by atoms with E-state index in [0.717, 1.165) is 24.2 Å². The second-order valence-electron chi connectivity index (χ2n) is 12.1. The van der Waals surface area contributed by atoms with Crippen molar-refractivity contribution in [2.75, 3.05) is 47.8 Å². The Morgan fingerprint density at radius 2 is 1.73 bits per heavy atom. The van der Waals surface area contributed by atoms with Crippen LogP contribution in [0.25, 0.3) is 5.65 Å². The summed E-state index contributed by atoms with van der Waals surface area (Å²) in [4.78, 5) is 36.3. The Bertz CT molecular complexity index is 1680. The third-order valence-electron chi connectivity index (χ3n) is 7.88. The lowest BCUT2D eigenvalue weighted by Crippen LogP contribution is -2.50. The molecule has 44 heavy (non-hydrogen) atoms. The monoisotopic (exact) mass is 603 g/mol. The molecular formula is C32H35F2N7O3. The number of nitrogens with zero attached hydrogens (tertiary/aromatic N) is 6. The Morgan fingerprint density at radius 3 is 2.45 bits per heavy atom. The van der Waals surface area contributed by atoms with Crippen molar-refractivity contribution < 1.29 is 23.1 Å².